The molecule has 1 aromatic carbocycles. The summed E-state index contributed by atoms with van der Waals surface area (Å²) >= 11 is 0. The van der Waals surface area contributed by atoms with Gasteiger partial charge in [-0.15, -0.1) is 0 Å². The molecule has 0 aliphatic heterocycles. The van der Waals surface area contributed by atoms with Gasteiger partial charge in [0.05, 0.1) is 11.6 Å². The lowest BCUT2D eigenvalue weighted by molar-refractivity contribution is -0.137. The predicted molar refractivity (Wildman–Crippen MR) is 66.4 cm³/mol. The molecule has 0 bridgehead atoms. The van der Waals surface area contributed by atoms with Gasteiger partial charge in [-0.2, -0.15) is 18.4 Å². The maximum Gasteiger partial charge on any atom is 0.416 e. The molecule has 0 unspecified atom stereocenters. The average molecular weight is 268 g/mol. The smallest absolute Gasteiger partial charge is 0.382 e. The summed E-state index contributed by atoms with van der Waals surface area (Å²) in [5.41, 5.74) is -0.140. The number of alkyl halides is 3. The van der Waals surface area contributed by atoms with Gasteiger partial charge in [0.15, 0.2) is 0 Å². The Morgan fingerprint density at radius 3 is 2.42 bits per heavy atom. The molecular formula is C14H15F3N2. The van der Waals surface area contributed by atoms with E-state index < -0.39 is 11.7 Å². The largest absolute Gasteiger partial charge is 0.416 e. The molecule has 19 heavy (non-hydrogen) atoms. The van der Waals surface area contributed by atoms with Crippen LogP contribution in [0.4, 0.5) is 18.9 Å². The fourth-order valence-electron chi connectivity index (χ4n) is 2.39. The number of halogens is 3. The monoisotopic (exact) mass is 268 g/mol. The average Bonchev–Trinajstić information content (AvgIpc) is 2.39. The Labute approximate surface area is 110 Å². The number of anilines is 1. The lowest BCUT2D eigenvalue weighted by Crippen LogP contribution is -2.25. The van der Waals surface area contributed by atoms with Crippen LogP contribution in [0.2, 0.25) is 0 Å². The van der Waals surface area contributed by atoms with E-state index in [9.17, 15) is 13.2 Å². The van der Waals surface area contributed by atoms with Crippen molar-refractivity contribution in [3.05, 3.63) is 29.8 Å². The van der Waals surface area contributed by atoms with Crippen LogP contribution < -0.4 is 5.32 Å². The summed E-state index contributed by atoms with van der Waals surface area (Å²) in [6.45, 7) is 0. The van der Waals surface area contributed by atoms with Gasteiger partial charge in [0, 0.05) is 17.6 Å². The van der Waals surface area contributed by atoms with Crippen molar-refractivity contribution < 1.29 is 13.2 Å². The molecule has 0 aromatic heterocycles. The number of nitrogens with zero attached hydrogens (tertiary/aromatic N) is 1. The molecule has 1 aromatic rings. The number of hydrogen-bond donors (Lipinski definition) is 1. The molecule has 1 fully saturated rings. The van der Waals surface area contributed by atoms with Gasteiger partial charge in [-0.3, -0.25) is 0 Å². The van der Waals surface area contributed by atoms with Crippen LogP contribution in [0.25, 0.3) is 0 Å². The van der Waals surface area contributed by atoms with E-state index in [2.05, 4.69) is 11.4 Å². The van der Waals surface area contributed by atoms with Crippen molar-refractivity contribution in [2.75, 3.05) is 5.32 Å². The lowest BCUT2D eigenvalue weighted by atomic mass is 9.87. The molecule has 1 aliphatic carbocycles. The van der Waals surface area contributed by atoms with Crippen LogP contribution in [0.3, 0.4) is 0 Å². The Balaban J connectivity index is 1.99. The van der Waals surface area contributed by atoms with Crippen LogP contribution in [-0.4, -0.2) is 6.04 Å². The summed E-state index contributed by atoms with van der Waals surface area (Å²) in [7, 11) is 0. The number of rotatable bonds is 2. The third-order valence-corrected chi connectivity index (χ3v) is 3.47. The predicted octanol–water partition coefficient (Wildman–Crippen LogP) is 4.20. The molecule has 1 aliphatic rings. The van der Waals surface area contributed by atoms with Crippen molar-refractivity contribution in [2.24, 2.45) is 5.92 Å². The maximum atomic E-state index is 12.6. The van der Waals surface area contributed by atoms with Crippen LogP contribution in [0.15, 0.2) is 24.3 Å². The molecule has 0 saturated heterocycles. The fraction of sp³-hybridized carbons (Fsp3) is 0.500. The molecule has 1 N–H and O–H groups in total. The maximum absolute atomic E-state index is 12.6. The van der Waals surface area contributed by atoms with E-state index in [0.717, 1.165) is 37.8 Å². The second-order valence-electron chi connectivity index (χ2n) is 4.90. The molecule has 0 atom stereocenters. The van der Waals surface area contributed by atoms with E-state index in [1.807, 2.05) is 0 Å². The Morgan fingerprint density at radius 2 is 1.84 bits per heavy atom. The molecule has 2 rings (SSSR count). The number of nitriles is 1. The van der Waals surface area contributed by atoms with E-state index >= 15 is 0 Å². The molecule has 0 amide bonds. The van der Waals surface area contributed by atoms with Crippen molar-refractivity contribution in [2.45, 2.75) is 37.9 Å². The topological polar surface area (TPSA) is 35.8 Å². The first-order chi connectivity index (χ1) is 8.99. The third-order valence-electron chi connectivity index (χ3n) is 3.47. The van der Waals surface area contributed by atoms with Crippen molar-refractivity contribution in [1.82, 2.24) is 0 Å². The van der Waals surface area contributed by atoms with Gasteiger partial charge >= 0.3 is 6.18 Å². The standard InChI is InChI=1S/C14H15F3N2/c15-14(16,17)11-2-1-3-13(8-11)19-12-6-4-10(9-18)5-7-12/h1-3,8,10,12,19H,4-7H2. The SMILES string of the molecule is N#CC1CCC(Nc2cccc(C(F)(F)F)c2)CC1. The molecule has 0 heterocycles. The first kappa shape index (κ1) is 13.7. The van der Waals surface area contributed by atoms with Crippen LogP contribution in [0.5, 0.6) is 0 Å². The van der Waals surface area contributed by atoms with Crippen molar-refractivity contribution in [3.63, 3.8) is 0 Å². The van der Waals surface area contributed by atoms with Gasteiger partial charge in [-0.25, -0.2) is 0 Å². The van der Waals surface area contributed by atoms with E-state index in [0.29, 0.717) is 5.69 Å². The van der Waals surface area contributed by atoms with Gasteiger partial charge in [0.2, 0.25) is 0 Å². The highest BCUT2D eigenvalue weighted by Crippen LogP contribution is 2.32. The minimum Gasteiger partial charge on any atom is -0.382 e. The third kappa shape index (κ3) is 3.63. The number of benzene rings is 1. The zero-order valence-electron chi connectivity index (χ0n) is 10.4. The van der Waals surface area contributed by atoms with Gasteiger partial charge in [0.25, 0.3) is 0 Å². The summed E-state index contributed by atoms with van der Waals surface area (Å²) < 4.78 is 37.7. The van der Waals surface area contributed by atoms with E-state index in [4.69, 9.17) is 5.26 Å². The summed E-state index contributed by atoms with van der Waals surface area (Å²) in [6, 6.07) is 7.66. The molecule has 5 heteroatoms. The zero-order valence-corrected chi connectivity index (χ0v) is 10.4. The second-order valence-corrected chi connectivity index (χ2v) is 4.90. The summed E-state index contributed by atoms with van der Waals surface area (Å²) in [5, 5.41) is 11.9. The van der Waals surface area contributed by atoms with Crippen molar-refractivity contribution >= 4 is 5.69 Å². The fourth-order valence-corrected chi connectivity index (χ4v) is 2.39. The number of hydrogen-bond acceptors (Lipinski definition) is 2. The number of nitrogens with one attached hydrogen (secondary N) is 1. The van der Waals surface area contributed by atoms with Crippen molar-refractivity contribution in [3.8, 4) is 6.07 Å². The van der Waals surface area contributed by atoms with Crippen LogP contribution in [0, 0.1) is 17.2 Å². The van der Waals surface area contributed by atoms with Gasteiger partial charge in [-0.05, 0) is 43.9 Å². The Hall–Kier alpha value is -1.70. The second kappa shape index (κ2) is 5.52. The van der Waals surface area contributed by atoms with Crippen LogP contribution in [0.1, 0.15) is 31.2 Å². The summed E-state index contributed by atoms with van der Waals surface area (Å²) in [5.74, 6) is 0.0968. The molecular weight excluding hydrogens is 253 g/mol. The minimum absolute atomic E-state index is 0.0968. The normalized spacial score (nSPS) is 23.7. The van der Waals surface area contributed by atoms with Gasteiger partial charge in [0.1, 0.15) is 0 Å². The Bertz CT molecular complexity index is 468. The Morgan fingerprint density at radius 1 is 1.16 bits per heavy atom. The van der Waals surface area contributed by atoms with Crippen LogP contribution >= 0.6 is 0 Å². The lowest BCUT2D eigenvalue weighted by Gasteiger charge is -2.26. The van der Waals surface area contributed by atoms with E-state index in [1.165, 1.54) is 6.07 Å². The zero-order chi connectivity index (χ0) is 13.9. The minimum atomic E-state index is -4.31. The molecule has 2 nitrogen and oxygen atoms in total. The quantitative estimate of drug-likeness (QED) is 0.872. The molecule has 0 spiro atoms. The first-order valence-corrected chi connectivity index (χ1v) is 6.32. The Kier molecular flexibility index (Phi) is 3.98. The summed E-state index contributed by atoms with van der Waals surface area (Å²) in [6.07, 6.45) is -1.03. The highest BCUT2D eigenvalue weighted by molar-refractivity contribution is 5.47. The van der Waals surface area contributed by atoms with Gasteiger partial charge < -0.3 is 5.32 Å². The van der Waals surface area contributed by atoms with E-state index in [-0.39, 0.29) is 12.0 Å². The molecule has 0 radical (unpaired) electrons. The van der Waals surface area contributed by atoms with E-state index in [1.54, 1.807) is 6.07 Å². The molecule has 1 saturated carbocycles. The highest BCUT2D eigenvalue weighted by Gasteiger charge is 2.30. The van der Waals surface area contributed by atoms with Gasteiger partial charge in [-0.1, -0.05) is 6.07 Å². The highest BCUT2D eigenvalue weighted by atomic mass is 19.4. The van der Waals surface area contributed by atoms with Crippen LogP contribution in [-0.2, 0) is 6.18 Å². The first-order valence-electron chi connectivity index (χ1n) is 6.32. The summed E-state index contributed by atoms with van der Waals surface area (Å²) in [4.78, 5) is 0. The van der Waals surface area contributed by atoms with Crippen molar-refractivity contribution in [1.29, 1.82) is 5.26 Å². The molecule has 102 valence electrons.